The zero-order valence-electron chi connectivity index (χ0n) is 9.25. The van der Waals surface area contributed by atoms with Crippen LogP contribution in [0.25, 0.3) is 0 Å². The molecule has 2 unspecified atom stereocenters. The van der Waals surface area contributed by atoms with E-state index < -0.39 is 0 Å². The highest BCUT2D eigenvalue weighted by Crippen LogP contribution is 2.40. The van der Waals surface area contributed by atoms with Crippen LogP contribution in [0.4, 0.5) is 0 Å². The number of likely N-dealkylation sites (tertiary alicyclic amines) is 1. The maximum atomic E-state index is 2.72. The third kappa shape index (κ3) is 1.71. The molecule has 80 valence electrons. The summed E-state index contributed by atoms with van der Waals surface area (Å²) in [6, 6.07) is 0.994. The van der Waals surface area contributed by atoms with Gasteiger partial charge in [-0.15, -0.1) is 0 Å². The minimum atomic E-state index is 0.994. The molecule has 3 rings (SSSR count). The van der Waals surface area contributed by atoms with Crippen molar-refractivity contribution in [2.45, 2.75) is 57.4 Å². The summed E-state index contributed by atoms with van der Waals surface area (Å²) in [7, 11) is 0. The zero-order valence-corrected chi connectivity index (χ0v) is 9.25. The Morgan fingerprint density at radius 3 is 2.29 bits per heavy atom. The van der Waals surface area contributed by atoms with Crippen LogP contribution >= 0.6 is 0 Å². The van der Waals surface area contributed by atoms with Crippen molar-refractivity contribution in [2.75, 3.05) is 13.1 Å². The summed E-state index contributed by atoms with van der Waals surface area (Å²) < 4.78 is 0. The molecule has 0 aromatic carbocycles. The van der Waals surface area contributed by atoms with E-state index in [1.165, 1.54) is 45.2 Å². The molecule has 2 saturated carbocycles. The molecule has 3 fully saturated rings. The van der Waals surface area contributed by atoms with Gasteiger partial charge in [0, 0.05) is 6.04 Å². The molecule has 1 heterocycles. The molecule has 1 saturated heterocycles. The van der Waals surface area contributed by atoms with Crippen molar-refractivity contribution in [2.24, 2.45) is 11.8 Å². The Hall–Kier alpha value is -0.0400. The van der Waals surface area contributed by atoms with Crippen LogP contribution in [0.1, 0.15) is 51.4 Å². The van der Waals surface area contributed by atoms with Gasteiger partial charge in [-0.3, -0.25) is 0 Å². The second kappa shape index (κ2) is 3.84. The minimum absolute atomic E-state index is 0.994. The SMILES string of the molecule is C1CC(CC2CCC(N3CCC3)C2)C1. The Labute approximate surface area is 87.9 Å². The monoisotopic (exact) mass is 193 g/mol. The lowest BCUT2D eigenvalue weighted by molar-refractivity contribution is 0.116. The first-order valence-corrected chi connectivity index (χ1v) is 6.66. The highest BCUT2D eigenvalue weighted by Gasteiger charge is 2.33. The summed E-state index contributed by atoms with van der Waals surface area (Å²) >= 11 is 0. The van der Waals surface area contributed by atoms with Gasteiger partial charge in [-0.2, -0.15) is 0 Å². The van der Waals surface area contributed by atoms with Crippen molar-refractivity contribution in [1.29, 1.82) is 0 Å². The summed E-state index contributed by atoms with van der Waals surface area (Å²) in [5.74, 6) is 2.24. The molecule has 0 amide bonds. The summed E-state index contributed by atoms with van der Waals surface area (Å²) in [5.41, 5.74) is 0. The van der Waals surface area contributed by atoms with Crippen LogP contribution in [0, 0.1) is 11.8 Å². The van der Waals surface area contributed by atoms with Crippen LogP contribution in [0.2, 0.25) is 0 Å². The van der Waals surface area contributed by atoms with Gasteiger partial charge in [0.05, 0.1) is 0 Å². The summed E-state index contributed by atoms with van der Waals surface area (Å²) in [6.45, 7) is 2.81. The zero-order chi connectivity index (χ0) is 9.38. The maximum Gasteiger partial charge on any atom is 0.00980 e. The van der Waals surface area contributed by atoms with Crippen LogP contribution in [0.5, 0.6) is 0 Å². The van der Waals surface area contributed by atoms with Gasteiger partial charge in [-0.1, -0.05) is 19.3 Å². The molecule has 0 bridgehead atoms. The van der Waals surface area contributed by atoms with Crippen LogP contribution in [-0.4, -0.2) is 24.0 Å². The molecule has 0 radical (unpaired) electrons. The van der Waals surface area contributed by atoms with E-state index in [2.05, 4.69) is 4.90 Å². The van der Waals surface area contributed by atoms with Crippen molar-refractivity contribution in [3.63, 3.8) is 0 Å². The minimum Gasteiger partial charge on any atom is -0.300 e. The highest BCUT2D eigenvalue weighted by atomic mass is 15.2. The van der Waals surface area contributed by atoms with Gasteiger partial charge in [-0.25, -0.2) is 0 Å². The lowest BCUT2D eigenvalue weighted by atomic mass is 9.78. The molecule has 3 aliphatic rings. The van der Waals surface area contributed by atoms with E-state index in [1.807, 2.05) is 0 Å². The summed E-state index contributed by atoms with van der Waals surface area (Å²) in [5, 5.41) is 0. The van der Waals surface area contributed by atoms with Gasteiger partial charge in [0.15, 0.2) is 0 Å². The van der Waals surface area contributed by atoms with Gasteiger partial charge in [0.25, 0.3) is 0 Å². The van der Waals surface area contributed by atoms with Crippen LogP contribution < -0.4 is 0 Å². The Morgan fingerprint density at radius 2 is 1.71 bits per heavy atom. The second-order valence-corrected chi connectivity index (χ2v) is 5.76. The number of hydrogen-bond donors (Lipinski definition) is 0. The molecule has 0 N–H and O–H groups in total. The van der Waals surface area contributed by atoms with Crippen LogP contribution in [0.15, 0.2) is 0 Å². The van der Waals surface area contributed by atoms with Crippen LogP contribution in [0.3, 0.4) is 0 Å². The van der Waals surface area contributed by atoms with Gasteiger partial charge >= 0.3 is 0 Å². The van der Waals surface area contributed by atoms with Gasteiger partial charge in [-0.05, 0) is 57.0 Å². The fourth-order valence-corrected chi connectivity index (χ4v) is 3.50. The first-order valence-electron chi connectivity index (χ1n) is 6.66. The highest BCUT2D eigenvalue weighted by molar-refractivity contribution is 4.88. The molecule has 1 heteroatoms. The lowest BCUT2D eigenvalue weighted by Crippen LogP contribution is -2.43. The topological polar surface area (TPSA) is 3.24 Å². The summed E-state index contributed by atoms with van der Waals surface area (Å²) in [4.78, 5) is 2.72. The molecule has 2 atom stereocenters. The molecule has 0 aromatic rings. The molecular formula is C13H23N. The van der Waals surface area contributed by atoms with Crippen molar-refractivity contribution >= 4 is 0 Å². The van der Waals surface area contributed by atoms with Crippen molar-refractivity contribution < 1.29 is 0 Å². The fourth-order valence-electron chi connectivity index (χ4n) is 3.50. The van der Waals surface area contributed by atoms with Crippen LogP contribution in [-0.2, 0) is 0 Å². The number of nitrogens with zero attached hydrogens (tertiary/aromatic N) is 1. The smallest absolute Gasteiger partial charge is 0.00980 e. The molecule has 1 nitrogen and oxygen atoms in total. The van der Waals surface area contributed by atoms with E-state index in [4.69, 9.17) is 0 Å². The fraction of sp³-hybridized carbons (Fsp3) is 1.00. The molecule has 14 heavy (non-hydrogen) atoms. The molecule has 0 spiro atoms. The lowest BCUT2D eigenvalue weighted by Gasteiger charge is -2.36. The maximum absolute atomic E-state index is 2.72. The van der Waals surface area contributed by atoms with E-state index in [0.29, 0.717) is 0 Å². The Balaban J connectivity index is 1.44. The molecule has 0 aromatic heterocycles. The quantitative estimate of drug-likeness (QED) is 0.666. The number of rotatable bonds is 3. The van der Waals surface area contributed by atoms with Gasteiger partial charge < -0.3 is 4.90 Å². The molecular weight excluding hydrogens is 170 g/mol. The van der Waals surface area contributed by atoms with Gasteiger partial charge in [0.1, 0.15) is 0 Å². The molecule has 2 aliphatic carbocycles. The Bertz CT molecular complexity index is 193. The first kappa shape index (κ1) is 9.21. The van der Waals surface area contributed by atoms with Crippen molar-refractivity contribution in [3.8, 4) is 0 Å². The average molecular weight is 193 g/mol. The van der Waals surface area contributed by atoms with E-state index in [1.54, 1.807) is 19.3 Å². The third-order valence-corrected chi connectivity index (χ3v) is 4.81. The Morgan fingerprint density at radius 1 is 0.857 bits per heavy atom. The molecule has 1 aliphatic heterocycles. The average Bonchev–Trinajstić information content (AvgIpc) is 2.42. The summed E-state index contributed by atoms with van der Waals surface area (Å²) in [6.07, 6.45) is 12.2. The standard InChI is InChI=1S/C13H23N/c1-3-11(4-1)9-12-5-6-13(10-12)14-7-2-8-14/h11-13H,1-10H2. The second-order valence-electron chi connectivity index (χ2n) is 5.76. The Kier molecular flexibility index (Phi) is 2.53. The predicted molar refractivity (Wildman–Crippen MR) is 59.3 cm³/mol. The van der Waals surface area contributed by atoms with E-state index in [0.717, 1.165) is 17.9 Å². The number of hydrogen-bond acceptors (Lipinski definition) is 1. The normalized spacial score (nSPS) is 39.4. The van der Waals surface area contributed by atoms with Gasteiger partial charge in [0.2, 0.25) is 0 Å². The van der Waals surface area contributed by atoms with Crippen molar-refractivity contribution in [1.82, 2.24) is 4.90 Å². The van der Waals surface area contributed by atoms with E-state index >= 15 is 0 Å². The first-order chi connectivity index (χ1) is 6.92. The van der Waals surface area contributed by atoms with E-state index in [9.17, 15) is 0 Å². The van der Waals surface area contributed by atoms with E-state index in [-0.39, 0.29) is 0 Å². The largest absolute Gasteiger partial charge is 0.300 e. The third-order valence-electron chi connectivity index (χ3n) is 4.81. The predicted octanol–water partition coefficient (Wildman–Crippen LogP) is 3.05. The van der Waals surface area contributed by atoms with Crippen molar-refractivity contribution in [3.05, 3.63) is 0 Å².